The van der Waals surface area contributed by atoms with E-state index in [2.05, 4.69) is 5.73 Å². The third-order valence-electron chi connectivity index (χ3n) is 1.25. The molecule has 0 amide bonds. The largest absolute Gasteiger partial charge is 0.375 e. The van der Waals surface area contributed by atoms with Crippen molar-refractivity contribution in [3.8, 4) is 0 Å². The van der Waals surface area contributed by atoms with Crippen LogP contribution in [0.3, 0.4) is 0 Å². The Morgan fingerprint density at radius 2 is 2.43 bits per heavy atom. The summed E-state index contributed by atoms with van der Waals surface area (Å²) in [6.07, 6.45) is 2.45. The van der Waals surface area contributed by atoms with Crippen LogP contribution in [0.15, 0.2) is 0 Å². The number of rotatable bonds is 0. The van der Waals surface area contributed by atoms with Gasteiger partial charge in [0.1, 0.15) is 6.04 Å². The van der Waals surface area contributed by atoms with E-state index in [1.165, 1.54) is 12.8 Å². The molecule has 7 heavy (non-hydrogen) atoms. The molecule has 3 N–H and O–H groups in total. The van der Waals surface area contributed by atoms with Crippen LogP contribution in [-0.2, 0) is 4.74 Å². The molecule has 0 radical (unpaired) electrons. The molecule has 0 saturated carbocycles. The molecule has 1 heterocycles. The van der Waals surface area contributed by atoms with Crippen molar-refractivity contribution in [2.75, 3.05) is 13.2 Å². The summed E-state index contributed by atoms with van der Waals surface area (Å²) in [7, 11) is 0. The van der Waals surface area contributed by atoms with Crippen LogP contribution in [0.5, 0.6) is 0 Å². The second kappa shape index (κ2) is 2.28. The van der Waals surface area contributed by atoms with Crippen LogP contribution in [0.25, 0.3) is 0 Å². The molecule has 1 aliphatic heterocycles. The number of hydrogen-bond donors (Lipinski definition) is 1. The third-order valence-corrected chi connectivity index (χ3v) is 1.25. The average molecular weight is 102 g/mol. The van der Waals surface area contributed by atoms with Crippen molar-refractivity contribution >= 4 is 0 Å². The lowest BCUT2D eigenvalue weighted by atomic mass is 10.1. The van der Waals surface area contributed by atoms with Gasteiger partial charge in [-0.05, 0) is 6.42 Å². The van der Waals surface area contributed by atoms with E-state index >= 15 is 0 Å². The highest BCUT2D eigenvalue weighted by Crippen LogP contribution is 2.00. The van der Waals surface area contributed by atoms with E-state index in [-0.39, 0.29) is 0 Å². The second-order valence-electron chi connectivity index (χ2n) is 2.08. The highest BCUT2D eigenvalue weighted by molar-refractivity contribution is 4.56. The smallest absolute Gasteiger partial charge is 0.108 e. The van der Waals surface area contributed by atoms with E-state index in [9.17, 15) is 0 Å². The fourth-order valence-electron chi connectivity index (χ4n) is 0.807. The van der Waals surface area contributed by atoms with Gasteiger partial charge in [0.2, 0.25) is 0 Å². The Bertz CT molecular complexity index is 50.0. The molecule has 42 valence electrons. The number of quaternary nitrogens is 1. The van der Waals surface area contributed by atoms with Gasteiger partial charge >= 0.3 is 0 Å². The first kappa shape index (κ1) is 5.06. The van der Waals surface area contributed by atoms with Crippen LogP contribution < -0.4 is 5.73 Å². The van der Waals surface area contributed by atoms with Crippen molar-refractivity contribution < 1.29 is 10.5 Å². The van der Waals surface area contributed by atoms with Gasteiger partial charge in [0.25, 0.3) is 0 Å². The molecule has 2 nitrogen and oxygen atoms in total. The Labute approximate surface area is 43.6 Å². The van der Waals surface area contributed by atoms with Crippen molar-refractivity contribution in [2.24, 2.45) is 0 Å². The lowest BCUT2D eigenvalue weighted by Gasteiger charge is -2.13. The minimum atomic E-state index is 0.564. The van der Waals surface area contributed by atoms with Gasteiger partial charge < -0.3 is 10.5 Å². The molecule has 0 aromatic carbocycles. The fraction of sp³-hybridized carbons (Fsp3) is 1.00. The van der Waals surface area contributed by atoms with Gasteiger partial charge in [0.15, 0.2) is 0 Å². The molecule has 1 atom stereocenters. The summed E-state index contributed by atoms with van der Waals surface area (Å²) >= 11 is 0. The van der Waals surface area contributed by atoms with E-state index in [1.807, 2.05) is 0 Å². The zero-order chi connectivity index (χ0) is 5.11. The molecule has 0 bridgehead atoms. The first-order chi connectivity index (χ1) is 3.39. The summed E-state index contributed by atoms with van der Waals surface area (Å²) in [5.41, 5.74) is 3.87. The lowest BCUT2D eigenvalue weighted by Crippen LogP contribution is -2.64. The van der Waals surface area contributed by atoms with Gasteiger partial charge in [-0.15, -0.1) is 0 Å². The molecule has 2 heteroatoms. The lowest BCUT2D eigenvalue weighted by molar-refractivity contribution is -0.433. The Kier molecular flexibility index (Phi) is 1.65. The summed E-state index contributed by atoms with van der Waals surface area (Å²) in [6.45, 7) is 1.83. The maximum atomic E-state index is 5.12. The van der Waals surface area contributed by atoms with E-state index < -0.39 is 0 Å². The van der Waals surface area contributed by atoms with Crippen LogP contribution in [0.4, 0.5) is 0 Å². The zero-order valence-corrected chi connectivity index (χ0v) is 4.52. The molecular weight excluding hydrogens is 90.1 g/mol. The number of hydrogen-bond acceptors (Lipinski definition) is 1. The summed E-state index contributed by atoms with van der Waals surface area (Å²) in [6, 6.07) is 0.564. The molecule has 1 fully saturated rings. The van der Waals surface area contributed by atoms with Crippen LogP contribution in [0, 0.1) is 0 Å². The normalized spacial score (nSPS) is 33.0. The molecule has 1 saturated heterocycles. The van der Waals surface area contributed by atoms with Crippen molar-refractivity contribution in [1.82, 2.24) is 0 Å². The predicted molar refractivity (Wildman–Crippen MR) is 26.7 cm³/mol. The highest BCUT2D eigenvalue weighted by atomic mass is 16.5. The molecule has 0 aromatic rings. The molecule has 1 unspecified atom stereocenters. The summed E-state index contributed by atoms with van der Waals surface area (Å²) in [5, 5.41) is 0. The van der Waals surface area contributed by atoms with E-state index in [0.29, 0.717) is 6.04 Å². The fourth-order valence-corrected chi connectivity index (χ4v) is 0.807. The van der Waals surface area contributed by atoms with E-state index in [4.69, 9.17) is 4.74 Å². The first-order valence-corrected chi connectivity index (χ1v) is 2.80. The molecule has 1 aliphatic rings. The Morgan fingerprint density at radius 1 is 1.57 bits per heavy atom. The van der Waals surface area contributed by atoms with Gasteiger partial charge in [-0.3, -0.25) is 0 Å². The quantitative estimate of drug-likeness (QED) is 0.436. The minimum Gasteiger partial charge on any atom is -0.375 e. The monoisotopic (exact) mass is 102 g/mol. The first-order valence-electron chi connectivity index (χ1n) is 2.80. The van der Waals surface area contributed by atoms with E-state index in [0.717, 1.165) is 13.2 Å². The molecule has 1 rings (SSSR count). The highest BCUT2D eigenvalue weighted by Gasteiger charge is 2.09. The SMILES string of the molecule is [NH3+]C1CCCOC1. The van der Waals surface area contributed by atoms with Gasteiger partial charge in [0.05, 0.1) is 6.61 Å². The van der Waals surface area contributed by atoms with Crippen LogP contribution in [-0.4, -0.2) is 19.3 Å². The molecular formula is C5H12NO+. The Morgan fingerprint density at radius 3 is 2.71 bits per heavy atom. The van der Waals surface area contributed by atoms with Crippen molar-refractivity contribution in [3.05, 3.63) is 0 Å². The maximum absolute atomic E-state index is 5.12. The third kappa shape index (κ3) is 1.45. The van der Waals surface area contributed by atoms with Gasteiger partial charge in [-0.1, -0.05) is 0 Å². The second-order valence-corrected chi connectivity index (χ2v) is 2.08. The Balaban J connectivity index is 2.12. The van der Waals surface area contributed by atoms with Gasteiger partial charge in [-0.25, -0.2) is 0 Å². The Hall–Kier alpha value is -0.0800. The average Bonchev–Trinajstić information content (AvgIpc) is 1.69. The van der Waals surface area contributed by atoms with Crippen molar-refractivity contribution in [1.29, 1.82) is 0 Å². The summed E-state index contributed by atoms with van der Waals surface area (Å²) < 4.78 is 5.12. The van der Waals surface area contributed by atoms with E-state index in [1.54, 1.807) is 0 Å². The zero-order valence-electron chi connectivity index (χ0n) is 4.52. The predicted octanol–water partition coefficient (Wildman–Crippen LogP) is -0.593. The minimum absolute atomic E-state index is 0.564. The molecule has 0 spiro atoms. The van der Waals surface area contributed by atoms with Gasteiger partial charge in [0, 0.05) is 13.0 Å². The number of ether oxygens (including phenoxy) is 1. The van der Waals surface area contributed by atoms with Crippen LogP contribution in [0.1, 0.15) is 12.8 Å². The summed E-state index contributed by atoms with van der Waals surface area (Å²) in [5.74, 6) is 0. The van der Waals surface area contributed by atoms with Crippen molar-refractivity contribution in [2.45, 2.75) is 18.9 Å². The topological polar surface area (TPSA) is 36.9 Å². The molecule has 0 aliphatic carbocycles. The van der Waals surface area contributed by atoms with Gasteiger partial charge in [-0.2, -0.15) is 0 Å². The molecule has 0 aromatic heterocycles. The summed E-state index contributed by atoms with van der Waals surface area (Å²) in [4.78, 5) is 0. The van der Waals surface area contributed by atoms with Crippen molar-refractivity contribution in [3.63, 3.8) is 0 Å². The van der Waals surface area contributed by atoms with Crippen LogP contribution in [0.2, 0.25) is 0 Å². The van der Waals surface area contributed by atoms with Crippen LogP contribution >= 0.6 is 0 Å². The standard InChI is InChI=1S/C5H11NO/c6-5-2-1-3-7-4-5/h5H,1-4,6H2/p+1. The maximum Gasteiger partial charge on any atom is 0.108 e.